The van der Waals surface area contributed by atoms with Crippen molar-refractivity contribution in [1.82, 2.24) is 4.98 Å². The van der Waals surface area contributed by atoms with Crippen LogP contribution in [0.4, 0.5) is 5.69 Å². The first-order valence-electron chi connectivity index (χ1n) is 9.15. The average molecular weight is 425 g/mol. The van der Waals surface area contributed by atoms with Gasteiger partial charge in [0.05, 0.1) is 21.2 Å². The van der Waals surface area contributed by atoms with Crippen molar-refractivity contribution < 1.29 is 14.7 Å². The van der Waals surface area contributed by atoms with E-state index in [0.717, 1.165) is 21.0 Å². The Bertz CT molecular complexity index is 1160. The van der Waals surface area contributed by atoms with E-state index < -0.39 is 17.7 Å². The molecule has 0 saturated heterocycles. The highest BCUT2D eigenvalue weighted by atomic mass is 32.1. The average Bonchev–Trinajstić information content (AvgIpc) is 3.35. The van der Waals surface area contributed by atoms with Gasteiger partial charge in [0.25, 0.3) is 5.91 Å². The monoisotopic (exact) mass is 424 g/mol. The van der Waals surface area contributed by atoms with Gasteiger partial charge in [0.15, 0.2) is 5.76 Å². The number of Topliss-reactive ketones (excluding diaryl/α,β-unsaturated/α-hetero) is 1. The van der Waals surface area contributed by atoms with Gasteiger partial charge in [-0.1, -0.05) is 23.8 Å². The van der Waals surface area contributed by atoms with Gasteiger partial charge in [-0.3, -0.25) is 14.5 Å². The summed E-state index contributed by atoms with van der Waals surface area (Å²) in [5, 5.41) is 13.5. The van der Waals surface area contributed by atoms with Crippen LogP contribution in [-0.2, 0) is 4.79 Å². The SMILES string of the molecule is Cc1ccc(N2C(=O)C(O)=C(C(=O)c3sc(C)nc3C)C2c2cccs2)c(C)c1. The summed E-state index contributed by atoms with van der Waals surface area (Å²) < 4.78 is 0. The number of carbonyl (C=O) groups is 2. The van der Waals surface area contributed by atoms with Crippen molar-refractivity contribution in [2.24, 2.45) is 0 Å². The highest BCUT2D eigenvalue weighted by Gasteiger charge is 2.46. The molecule has 1 atom stereocenters. The fourth-order valence-electron chi connectivity index (χ4n) is 3.74. The second-order valence-corrected chi connectivity index (χ2v) is 9.30. The number of ketones is 1. The quantitative estimate of drug-likeness (QED) is 0.583. The minimum Gasteiger partial charge on any atom is -0.503 e. The summed E-state index contributed by atoms with van der Waals surface area (Å²) in [5.74, 6) is -1.39. The lowest BCUT2D eigenvalue weighted by molar-refractivity contribution is -0.117. The van der Waals surface area contributed by atoms with Gasteiger partial charge in [0, 0.05) is 10.6 Å². The van der Waals surface area contributed by atoms with Crippen LogP contribution in [0.1, 0.15) is 42.4 Å². The maximum Gasteiger partial charge on any atom is 0.294 e. The lowest BCUT2D eigenvalue weighted by atomic mass is 9.99. The van der Waals surface area contributed by atoms with Crippen molar-refractivity contribution in [3.63, 3.8) is 0 Å². The van der Waals surface area contributed by atoms with E-state index in [-0.39, 0.29) is 11.4 Å². The van der Waals surface area contributed by atoms with Gasteiger partial charge in [0.1, 0.15) is 6.04 Å². The number of thiazole rings is 1. The first kappa shape index (κ1) is 19.5. The van der Waals surface area contributed by atoms with E-state index in [1.165, 1.54) is 27.6 Å². The van der Waals surface area contributed by atoms with Crippen molar-refractivity contribution in [3.05, 3.63) is 78.6 Å². The third-order valence-electron chi connectivity index (χ3n) is 4.99. The van der Waals surface area contributed by atoms with Crippen molar-refractivity contribution in [2.75, 3.05) is 4.90 Å². The molecular formula is C22H20N2O3S2. The molecule has 1 aliphatic heterocycles. The molecule has 3 heterocycles. The fraction of sp³-hybridized carbons (Fsp3) is 0.227. The Labute approximate surface area is 177 Å². The number of rotatable bonds is 4. The molecular weight excluding hydrogens is 404 g/mol. The number of anilines is 1. The summed E-state index contributed by atoms with van der Waals surface area (Å²) in [6.07, 6.45) is 0. The van der Waals surface area contributed by atoms with Crippen LogP contribution < -0.4 is 4.90 Å². The summed E-state index contributed by atoms with van der Waals surface area (Å²) in [6, 6.07) is 8.88. The molecule has 0 aliphatic carbocycles. The molecule has 2 aromatic heterocycles. The number of nitrogens with zero attached hydrogens (tertiary/aromatic N) is 2. The molecule has 7 heteroatoms. The molecule has 1 amide bonds. The first-order valence-corrected chi connectivity index (χ1v) is 10.8. The van der Waals surface area contributed by atoms with Gasteiger partial charge in [-0.05, 0) is 50.8 Å². The van der Waals surface area contributed by atoms with Crippen LogP contribution >= 0.6 is 22.7 Å². The Hall–Kier alpha value is -2.77. The topological polar surface area (TPSA) is 70.5 Å². The number of aliphatic hydroxyl groups excluding tert-OH is 1. The van der Waals surface area contributed by atoms with Crippen molar-refractivity contribution in [1.29, 1.82) is 0 Å². The summed E-state index contributed by atoms with van der Waals surface area (Å²) in [6.45, 7) is 7.52. The predicted molar refractivity (Wildman–Crippen MR) is 116 cm³/mol. The van der Waals surface area contributed by atoms with Gasteiger partial charge in [0.2, 0.25) is 5.78 Å². The Morgan fingerprint density at radius 2 is 1.93 bits per heavy atom. The fourth-order valence-corrected chi connectivity index (χ4v) is 5.44. The third kappa shape index (κ3) is 3.20. The zero-order chi connectivity index (χ0) is 20.9. The predicted octanol–water partition coefficient (Wildman–Crippen LogP) is 5.22. The number of hydrogen-bond donors (Lipinski definition) is 1. The zero-order valence-corrected chi connectivity index (χ0v) is 18.1. The highest BCUT2D eigenvalue weighted by molar-refractivity contribution is 7.14. The van der Waals surface area contributed by atoms with Crippen molar-refractivity contribution in [3.8, 4) is 0 Å². The Morgan fingerprint density at radius 3 is 2.52 bits per heavy atom. The minimum atomic E-state index is -0.668. The smallest absolute Gasteiger partial charge is 0.294 e. The van der Waals surface area contributed by atoms with Crippen LogP contribution in [0.2, 0.25) is 0 Å². The molecule has 0 bridgehead atoms. The molecule has 29 heavy (non-hydrogen) atoms. The molecule has 5 nitrogen and oxygen atoms in total. The molecule has 1 N–H and O–H groups in total. The number of aliphatic hydroxyl groups is 1. The number of carbonyl (C=O) groups excluding carboxylic acids is 2. The number of hydrogen-bond acceptors (Lipinski definition) is 6. The summed E-state index contributed by atoms with van der Waals surface area (Å²) in [7, 11) is 0. The van der Waals surface area contributed by atoms with Crippen LogP contribution in [0, 0.1) is 27.7 Å². The van der Waals surface area contributed by atoms with Gasteiger partial charge >= 0.3 is 0 Å². The molecule has 0 spiro atoms. The molecule has 0 radical (unpaired) electrons. The maximum atomic E-state index is 13.4. The second-order valence-electron chi connectivity index (χ2n) is 7.12. The largest absolute Gasteiger partial charge is 0.503 e. The van der Waals surface area contributed by atoms with Crippen LogP contribution in [0.15, 0.2) is 47.0 Å². The van der Waals surface area contributed by atoms with Crippen molar-refractivity contribution >= 4 is 40.1 Å². The zero-order valence-electron chi connectivity index (χ0n) is 16.5. The molecule has 1 aromatic carbocycles. The second kappa shape index (κ2) is 7.24. The molecule has 0 saturated carbocycles. The van der Waals surface area contributed by atoms with Crippen LogP contribution in [0.5, 0.6) is 0 Å². The summed E-state index contributed by atoms with van der Waals surface area (Å²) >= 11 is 2.74. The van der Waals surface area contributed by atoms with E-state index in [0.29, 0.717) is 16.3 Å². The molecule has 1 unspecified atom stereocenters. The first-order chi connectivity index (χ1) is 13.8. The Balaban J connectivity index is 1.89. The Kier molecular flexibility index (Phi) is 4.88. The van der Waals surface area contributed by atoms with Crippen LogP contribution in [-0.4, -0.2) is 21.8 Å². The summed E-state index contributed by atoms with van der Waals surface area (Å²) in [4.78, 5) is 33.7. The van der Waals surface area contributed by atoms with E-state index in [2.05, 4.69) is 4.98 Å². The molecule has 4 rings (SSSR count). The lowest BCUT2D eigenvalue weighted by Crippen LogP contribution is -2.31. The Morgan fingerprint density at radius 1 is 1.17 bits per heavy atom. The molecule has 3 aromatic rings. The van der Waals surface area contributed by atoms with Crippen molar-refractivity contribution in [2.45, 2.75) is 33.7 Å². The van der Waals surface area contributed by atoms with Crippen LogP contribution in [0.25, 0.3) is 0 Å². The van der Waals surface area contributed by atoms with Gasteiger partial charge in [-0.25, -0.2) is 4.98 Å². The maximum absolute atomic E-state index is 13.4. The van der Waals surface area contributed by atoms with E-state index in [1.807, 2.05) is 56.5 Å². The highest BCUT2D eigenvalue weighted by Crippen LogP contribution is 2.44. The van der Waals surface area contributed by atoms with Gasteiger partial charge in [-0.2, -0.15) is 0 Å². The van der Waals surface area contributed by atoms with E-state index in [4.69, 9.17) is 0 Å². The number of thiophene rings is 1. The van der Waals surface area contributed by atoms with E-state index >= 15 is 0 Å². The number of aryl methyl sites for hydroxylation is 4. The minimum absolute atomic E-state index is 0.115. The normalized spacial score (nSPS) is 16.8. The number of benzene rings is 1. The molecule has 1 aliphatic rings. The summed E-state index contributed by atoms with van der Waals surface area (Å²) in [5.41, 5.74) is 3.40. The van der Waals surface area contributed by atoms with Gasteiger partial charge < -0.3 is 5.11 Å². The number of amides is 1. The van der Waals surface area contributed by atoms with E-state index in [1.54, 1.807) is 6.92 Å². The van der Waals surface area contributed by atoms with Gasteiger partial charge in [-0.15, -0.1) is 22.7 Å². The van der Waals surface area contributed by atoms with Crippen LogP contribution in [0.3, 0.4) is 0 Å². The third-order valence-corrected chi connectivity index (χ3v) is 6.98. The van der Waals surface area contributed by atoms with E-state index in [9.17, 15) is 14.7 Å². The number of aromatic nitrogens is 1. The lowest BCUT2D eigenvalue weighted by Gasteiger charge is -2.27. The standard InChI is InChI=1S/C22H20N2O3S2/c1-11-7-8-15(12(2)10-11)24-18(16-6-5-9-28-16)17(20(26)22(24)27)19(25)21-13(3)23-14(4)29-21/h5-10,18,26H,1-4H3. The molecule has 148 valence electrons. The molecule has 0 fully saturated rings.